The molecule has 0 aliphatic rings. The number of methoxy groups -OCH3 is 1. The third kappa shape index (κ3) is 5.94. The van der Waals surface area contributed by atoms with Crippen LogP contribution in [0.3, 0.4) is 0 Å². The first kappa shape index (κ1) is 13.4. The molecule has 1 amide bonds. The van der Waals surface area contributed by atoms with E-state index >= 15 is 0 Å². The number of carbonyl (C=O) groups is 2. The number of nitrogens with one attached hydrogen (secondary N) is 1. The van der Waals surface area contributed by atoms with Gasteiger partial charge >= 0.3 is 0 Å². The third-order valence-electron chi connectivity index (χ3n) is 1.74. The lowest BCUT2D eigenvalue weighted by Crippen LogP contribution is -2.40. The van der Waals surface area contributed by atoms with Gasteiger partial charge in [-0.15, -0.1) is 11.6 Å². The Balaban J connectivity index is 3.97. The quantitative estimate of drug-likeness (QED) is 0.509. The summed E-state index contributed by atoms with van der Waals surface area (Å²) in [6, 6.07) is -0.472. The Kier molecular flexibility index (Phi) is 7.42. The van der Waals surface area contributed by atoms with Gasteiger partial charge in [0.25, 0.3) is 0 Å². The van der Waals surface area contributed by atoms with Crippen molar-refractivity contribution in [2.45, 2.75) is 25.8 Å². The molecule has 0 heterocycles. The summed E-state index contributed by atoms with van der Waals surface area (Å²) < 4.78 is 4.85. The standard InChI is InChI=1S/C9H16ClNO3/c1-7(12)11-8(9(13)6-10)4-3-5-14-2/h8H,3-6H2,1-2H3,(H,11,12). The predicted molar refractivity (Wildman–Crippen MR) is 54.4 cm³/mol. The van der Waals surface area contributed by atoms with E-state index < -0.39 is 6.04 Å². The first-order valence-corrected chi connectivity index (χ1v) is 5.00. The number of carbonyl (C=O) groups excluding carboxylic acids is 2. The molecule has 0 fully saturated rings. The van der Waals surface area contributed by atoms with Crippen LogP contribution in [0.1, 0.15) is 19.8 Å². The molecule has 4 nitrogen and oxygen atoms in total. The van der Waals surface area contributed by atoms with Gasteiger partial charge in [0.1, 0.15) is 0 Å². The van der Waals surface area contributed by atoms with Gasteiger partial charge in [-0.1, -0.05) is 0 Å². The molecule has 1 atom stereocenters. The summed E-state index contributed by atoms with van der Waals surface area (Å²) in [6.07, 6.45) is 1.29. The Morgan fingerprint density at radius 3 is 2.57 bits per heavy atom. The van der Waals surface area contributed by atoms with Gasteiger partial charge in [-0.2, -0.15) is 0 Å². The molecule has 0 radical (unpaired) electrons. The van der Waals surface area contributed by atoms with Crippen LogP contribution in [0.4, 0.5) is 0 Å². The lowest BCUT2D eigenvalue weighted by atomic mass is 10.1. The number of hydrogen-bond donors (Lipinski definition) is 1. The van der Waals surface area contributed by atoms with Crippen molar-refractivity contribution in [3.63, 3.8) is 0 Å². The molecule has 0 aliphatic heterocycles. The van der Waals surface area contributed by atoms with E-state index in [2.05, 4.69) is 5.32 Å². The first-order chi connectivity index (χ1) is 6.61. The van der Waals surface area contributed by atoms with Crippen molar-refractivity contribution in [3.8, 4) is 0 Å². The average Bonchev–Trinajstić information content (AvgIpc) is 2.15. The van der Waals surface area contributed by atoms with Gasteiger partial charge in [-0.3, -0.25) is 9.59 Å². The molecule has 0 aromatic heterocycles. The number of rotatable bonds is 7. The molecular weight excluding hydrogens is 206 g/mol. The van der Waals surface area contributed by atoms with E-state index in [1.54, 1.807) is 7.11 Å². The second-order valence-electron chi connectivity index (χ2n) is 2.99. The molecule has 0 aromatic rings. The lowest BCUT2D eigenvalue weighted by Gasteiger charge is -2.14. The maximum atomic E-state index is 11.3. The van der Waals surface area contributed by atoms with Crippen LogP contribution in [0, 0.1) is 0 Å². The molecule has 0 bridgehead atoms. The summed E-state index contributed by atoms with van der Waals surface area (Å²) in [4.78, 5) is 22.0. The minimum absolute atomic E-state index is 0.0715. The van der Waals surface area contributed by atoms with Crippen molar-refractivity contribution in [3.05, 3.63) is 0 Å². The van der Waals surface area contributed by atoms with Crippen LogP contribution in [-0.4, -0.2) is 37.3 Å². The highest BCUT2D eigenvalue weighted by molar-refractivity contribution is 6.28. The zero-order valence-electron chi connectivity index (χ0n) is 8.51. The van der Waals surface area contributed by atoms with Gasteiger partial charge in [0.05, 0.1) is 11.9 Å². The van der Waals surface area contributed by atoms with E-state index in [9.17, 15) is 9.59 Å². The first-order valence-electron chi connectivity index (χ1n) is 4.46. The Labute approximate surface area is 88.9 Å². The number of ether oxygens (including phenoxy) is 1. The number of alkyl halides is 1. The summed E-state index contributed by atoms with van der Waals surface area (Å²) in [5.41, 5.74) is 0. The molecule has 14 heavy (non-hydrogen) atoms. The van der Waals surface area contributed by atoms with Crippen LogP contribution in [0.25, 0.3) is 0 Å². The lowest BCUT2D eigenvalue weighted by molar-refractivity contribution is -0.125. The fourth-order valence-electron chi connectivity index (χ4n) is 1.08. The monoisotopic (exact) mass is 221 g/mol. The predicted octanol–water partition coefficient (Wildman–Crippen LogP) is 0.726. The highest BCUT2D eigenvalue weighted by Crippen LogP contribution is 2.00. The van der Waals surface area contributed by atoms with E-state index in [1.165, 1.54) is 6.92 Å². The normalized spacial score (nSPS) is 12.2. The van der Waals surface area contributed by atoms with E-state index in [0.29, 0.717) is 13.0 Å². The van der Waals surface area contributed by atoms with Gasteiger partial charge in [0.2, 0.25) is 5.91 Å². The van der Waals surface area contributed by atoms with Crippen molar-refractivity contribution in [2.75, 3.05) is 19.6 Å². The Morgan fingerprint density at radius 1 is 1.50 bits per heavy atom. The molecule has 0 saturated carbocycles. The van der Waals surface area contributed by atoms with Crippen LogP contribution >= 0.6 is 11.6 Å². The van der Waals surface area contributed by atoms with Gasteiger partial charge in [-0.25, -0.2) is 0 Å². The Hall–Kier alpha value is -0.610. The second-order valence-corrected chi connectivity index (χ2v) is 3.26. The molecule has 0 rings (SSSR count). The third-order valence-corrected chi connectivity index (χ3v) is 2.00. The van der Waals surface area contributed by atoms with Gasteiger partial charge in [-0.05, 0) is 12.8 Å². The molecule has 82 valence electrons. The molecule has 0 saturated heterocycles. The maximum absolute atomic E-state index is 11.3. The topological polar surface area (TPSA) is 55.4 Å². The van der Waals surface area contributed by atoms with Crippen molar-refractivity contribution in [2.24, 2.45) is 0 Å². The average molecular weight is 222 g/mol. The summed E-state index contributed by atoms with van der Waals surface area (Å²) >= 11 is 5.41. The van der Waals surface area contributed by atoms with Crippen molar-refractivity contribution in [1.82, 2.24) is 5.32 Å². The van der Waals surface area contributed by atoms with Crippen molar-refractivity contribution in [1.29, 1.82) is 0 Å². The number of halogens is 1. The summed E-state index contributed by atoms with van der Waals surface area (Å²) in [5.74, 6) is -0.443. The molecule has 1 unspecified atom stereocenters. The molecule has 0 aliphatic carbocycles. The second kappa shape index (κ2) is 7.76. The summed E-state index contributed by atoms with van der Waals surface area (Å²) in [6.45, 7) is 1.95. The summed E-state index contributed by atoms with van der Waals surface area (Å²) in [5, 5.41) is 2.56. The summed E-state index contributed by atoms with van der Waals surface area (Å²) in [7, 11) is 1.59. The Bertz CT molecular complexity index is 196. The van der Waals surface area contributed by atoms with Gasteiger partial charge in [0.15, 0.2) is 5.78 Å². The van der Waals surface area contributed by atoms with E-state index in [-0.39, 0.29) is 17.6 Å². The maximum Gasteiger partial charge on any atom is 0.217 e. The van der Waals surface area contributed by atoms with Crippen LogP contribution in [-0.2, 0) is 14.3 Å². The molecule has 0 aromatic carbocycles. The number of hydrogen-bond acceptors (Lipinski definition) is 3. The fourth-order valence-corrected chi connectivity index (χ4v) is 1.27. The highest BCUT2D eigenvalue weighted by Gasteiger charge is 2.17. The van der Waals surface area contributed by atoms with E-state index in [1.807, 2.05) is 0 Å². The van der Waals surface area contributed by atoms with E-state index in [0.717, 1.165) is 6.42 Å². The van der Waals surface area contributed by atoms with Crippen molar-refractivity contribution < 1.29 is 14.3 Å². The van der Waals surface area contributed by atoms with Crippen LogP contribution in [0.5, 0.6) is 0 Å². The SMILES string of the molecule is COCCCC(NC(C)=O)C(=O)CCl. The highest BCUT2D eigenvalue weighted by atomic mass is 35.5. The largest absolute Gasteiger partial charge is 0.385 e. The molecule has 1 N–H and O–H groups in total. The van der Waals surface area contributed by atoms with Crippen molar-refractivity contribution >= 4 is 23.3 Å². The number of amides is 1. The fraction of sp³-hybridized carbons (Fsp3) is 0.778. The molecule has 5 heteroatoms. The number of ketones is 1. The van der Waals surface area contributed by atoms with Gasteiger partial charge < -0.3 is 10.1 Å². The zero-order chi connectivity index (χ0) is 11.0. The van der Waals surface area contributed by atoms with Crippen LogP contribution < -0.4 is 5.32 Å². The Morgan fingerprint density at radius 2 is 2.14 bits per heavy atom. The van der Waals surface area contributed by atoms with Crippen LogP contribution in [0.15, 0.2) is 0 Å². The smallest absolute Gasteiger partial charge is 0.217 e. The van der Waals surface area contributed by atoms with Crippen LogP contribution in [0.2, 0.25) is 0 Å². The molecular formula is C9H16ClNO3. The minimum atomic E-state index is -0.472. The zero-order valence-corrected chi connectivity index (χ0v) is 9.26. The van der Waals surface area contributed by atoms with Gasteiger partial charge in [0, 0.05) is 20.6 Å². The van der Waals surface area contributed by atoms with E-state index in [4.69, 9.17) is 16.3 Å². The molecule has 0 spiro atoms. The minimum Gasteiger partial charge on any atom is -0.385 e. The number of Topliss-reactive ketones (excluding diaryl/α,β-unsaturated/α-hetero) is 1.